The zero-order valence-electron chi connectivity index (χ0n) is 13.9. The average molecular weight is 416 g/mol. The molecular formula is C19H18BrN3OS. The van der Waals surface area contributed by atoms with Crippen LogP contribution in [0.2, 0.25) is 0 Å². The van der Waals surface area contributed by atoms with E-state index in [1.807, 2.05) is 56.3 Å². The van der Waals surface area contributed by atoms with Crippen molar-refractivity contribution in [2.24, 2.45) is 0 Å². The summed E-state index contributed by atoms with van der Waals surface area (Å²) in [5.74, 6) is -0.0974. The van der Waals surface area contributed by atoms with Gasteiger partial charge in [0.15, 0.2) is 0 Å². The normalized spacial score (nSPS) is 12.0. The molecule has 128 valence electrons. The predicted octanol–water partition coefficient (Wildman–Crippen LogP) is 5.30. The number of halogens is 1. The number of nitrogens with one attached hydrogen (secondary N) is 1. The van der Waals surface area contributed by atoms with Crippen LogP contribution in [0.3, 0.4) is 0 Å². The molecule has 1 atom stereocenters. The van der Waals surface area contributed by atoms with Gasteiger partial charge < -0.3 is 5.32 Å². The molecule has 0 saturated carbocycles. The lowest BCUT2D eigenvalue weighted by atomic mass is 10.2. The summed E-state index contributed by atoms with van der Waals surface area (Å²) in [5, 5.41) is 7.30. The number of hydrogen-bond acceptors (Lipinski definition) is 3. The highest BCUT2D eigenvalue weighted by Gasteiger charge is 2.19. The number of carbonyl (C=O) groups is 1. The van der Waals surface area contributed by atoms with Crippen LogP contribution in [-0.2, 0) is 4.79 Å². The summed E-state index contributed by atoms with van der Waals surface area (Å²) in [6.45, 7) is 3.77. The molecule has 0 aliphatic carbocycles. The van der Waals surface area contributed by atoms with Crippen molar-refractivity contribution in [3.8, 4) is 0 Å². The van der Waals surface area contributed by atoms with E-state index >= 15 is 0 Å². The fourth-order valence-corrected chi connectivity index (χ4v) is 3.61. The summed E-state index contributed by atoms with van der Waals surface area (Å²) < 4.78 is 2.61. The summed E-state index contributed by atoms with van der Waals surface area (Å²) in [6.07, 6.45) is 1.71. The van der Waals surface area contributed by atoms with Gasteiger partial charge in [-0.05, 0) is 54.0 Å². The first-order valence-electron chi connectivity index (χ1n) is 7.88. The standard InChI is InChI=1S/C19H18BrN3OS/c1-13-16(20)12-21-23(13)14(2)19(24)22-17-10-6-7-11-18(17)25-15-8-4-3-5-9-15/h3-12,14H,1-2H3,(H,22,24). The number of amides is 1. The molecule has 0 aliphatic rings. The van der Waals surface area contributed by atoms with Gasteiger partial charge in [-0.2, -0.15) is 5.10 Å². The van der Waals surface area contributed by atoms with Crippen molar-refractivity contribution in [2.75, 3.05) is 5.32 Å². The Bertz CT molecular complexity index is 879. The van der Waals surface area contributed by atoms with Gasteiger partial charge in [0.05, 0.1) is 22.1 Å². The van der Waals surface area contributed by atoms with Crippen LogP contribution < -0.4 is 5.32 Å². The molecular weight excluding hydrogens is 398 g/mol. The van der Waals surface area contributed by atoms with Gasteiger partial charge in [0.2, 0.25) is 5.91 Å². The quantitative estimate of drug-likeness (QED) is 0.614. The fourth-order valence-electron chi connectivity index (χ4n) is 2.42. The van der Waals surface area contributed by atoms with Gasteiger partial charge in [-0.3, -0.25) is 9.48 Å². The molecule has 6 heteroatoms. The highest BCUT2D eigenvalue weighted by Crippen LogP contribution is 2.33. The highest BCUT2D eigenvalue weighted by molar-refractivity contribution is 9.10. The van der Waals surface area contributed by atoms with Crippen molar-refractivity contribution in [3.63, 3.8) is 0 Å². The topological polar surface area (TPSA) is 46.9 Å². The SMILES string of the molecule is Cc1c(Br)cnn1C(C)C(=O)Nc1ccccc1Sc1ccccc1. The smallest absolute Gasteiger partial charge is 0.248 e. The number of hydrogen-bond donors (Lipinski definition) is 1. The van der Waals surface area contributed by atoms with Crippen molar-refractivity contribution in [1.82, 2.24) is 9.78 Å². The minimum Gasteiger partial charge on any atom is -0.323 e. The third-order valence-corrected chi connectivity index (χ3v) is 5.71. The third-order valence-electron chi connectivity index (χ3n) is 3.85. The Morgan fingerprint density at radius 2 is 1.84 bits per heavy atom. The van der Waals surface area contributed by atoms with E-state index in [1.54, 1.807) is 22.6 Å². The summed E-state index contributed by atoms with van der Waals surface area (Å²) in [7, 11) is 0. The molecule has 0 fully saturated rings. The van der Waals surface area contributed by atoms with Crippen LogP contribution in [0.5, 0.6) is 0 Å². The molecule has 1 unspecified atom stereocenters. The second-order valence-electron chi connectivity index (χ2n) is 5.60. The van der Waals surface area contributed by atoms with Gasteiger partial charge in [0.25, 0.3) is 0 Å². The first-order chi connectivity index (χ1) is 12.1. The molecule has 1 heterocycles. The predicted molar refractivity (Wildman–Crippen MR) is 105 cm³/mol. The van der Waals surface area contributed by atoms with Crippen molar-refractivity contribution in [2.45, 2.75) is 29.7 Å². The van der Waals surface area contributed by atoms with Crippen LogP contribution in [0.1, 0.15) is 18.7 Å². The van der Waals surface area contributed by atoms with Gasteiger partial charge in [0, 0.05) is 9.79 Å². The van der Waals surface area contributed by atoms with Crippen molar-refractivity contribution >= 4 is 39.3 Å². The number of carbonyl (C=O) groups excluding carboxylic acids is 1. The molecule has 0 radical (unpaired) electrons. The maximum Gasteiger partial charge on any atom is 0.248 e. The van der Waals surface area contributed by atoms with E-state index < -0.39 is 6.04 Å². The zero-order chi connectivity index (χ0) is 17.8. The molecule has 25 heavy (non-hydrogen) atoms. The Balaban J connectivity index is 1.78. The molecule has 3 aromatic rings. The number of benzene rings is 2. The number of para-hydroxylation sites is 1. The van der Waals surface area contributed by atoms with Gasteiger partial charge in [-0.15, -0.1) is 0 Å². The second-order valence-corrected chi connectivity index (χ2v) is 7.57. The Hall–Kier alpha value is -2.05. The second kappa shape index (κ2) is 7.89. The van der Waals surface area contributed by atoms with Gasteiger partial charge in [-0.25, -0.2) is 0 Å². The molecule has 0 aliphatic heterocycles. The van der Waals surface area contributed by atoms with Crippen molar-refractivity contribution in [3.05, 3.63) is 71.0 Å². The molecule has 0 saturated heterocycles. The Morgan fingerprint density at radius 1 is 1.16 bits per heavy atom. The minimum absolute atomic E-state index is 0.0974. The van der Waals surface area contributed by atoms with Crippen molar-refractivity contribution in [1.29, 1.82) is 0 Å². The van der Waals surface area contributed by atoms with E-state index in [4.69, 9.17) is 0 Å². The first kappa shape index (κ1) is 17.8. The van der Waals surface area contributed by atoms with E-state index in [2.05, 4.69) is 38.5 Å². The molecule has 4 nitrogen and oxygen atoms in total. The maximum atomic E-state index is 12.7. The van der Waals surface area contributed by atoms with E-state index in [0.29, 0.717) is 0 Å². The van der Waals surface area contributed by atoms with Crippen LogP contribution in [0, 0.1) is 6.92 Å². The molecule has 2 aromatic carbocycles. The Kier molecular flexibility index (Phi) is 5.60. The maximum absolute atomic E-state index is 12.7. The molecule has 0 bridgehead atoms. The van der Waals surface area contributed by atoms with Gasteiger partial charge in [0.1, 0.15) is 6.04 Å². The van der Waals surface area contributed by atoms with Crippen molar-refractivity contribution < 1.29 is 4.79 Å². The Morgan fingerprint density at radius 3 is 2.52 bits per heavy atom. The van der Waals surface area contributed by atoms with Crippen LogP contribution >= 0.6 is 27.7 Å². The first-order valence-corrected chi connectivity index (χ1v) is 9.49. The molecule has 0 spiro atoms. The zero-order valence-corrected chi connectivity index (χ0v) is 16.3. The van der Waals surface area contributed by atoms with E-state index in [-0.39, 0.29) is 5.91 Å². The van der Waals surface area contributed by atoms with E-state index in [0.717, 1.165) is 25.6 Å². The van der Waals surface area contributed by atoms with Gasteiger partial charge >= 0.3 is 0 Å². The minimum atomic E-state index is -0.402. The van der Waals surface area contributed by atoms with Crippen LogP contribution in [0.4, 0.5) is 5.69 Å². The lowest BCUT2D eigenvalue weighted by Crippen LogP contribution is -2.25. The number of aromatic nitrogens is 2. The summed E-state index contributed by atoms with van der Waals surface area (Å²) in [5.41, 5.74) is 1.73. The number of rotatable bonds is 5. The average Bonchev–Trinajstić information content (AvgIpc) is 2.96. The monoisotopic (exact) mass is 415 g/mol. The summed E-state index contributed by atoms with van der Waals surface area (Å²) in [4.78, 5) is 14.8. The largest absolute Gasteiger partial charge is 0.323 e. The van der Waals surface area contributed by atoms with E-state index in [9.17, 15) is 4.79 Å². The summed E-state index contributed by atoms with van der Waals surface area (Å²) in [6, 6.07) is 17.5. The molecule has 1 N–H and O–H groups in total. The summed E-state index contributed by atoms with van der Waals surface area (Å²) >= 11 is 5.06. The number of nitrogens with zero attached hydrogens (tertiary/aromatic N) is 2. The van der Waals surface area contributed by atoms with Gasteiger partial charge in [-0.1, -0.05) is 42.1 Å². The lowest BCUT2D eigenvalue weighted by molar-refractivity contribution is -0.119. The fraction of sp³-hybridized carbons (Fsp3) is 0.158. The van der Waals surface area contributed by atoms with Crippen LogP contribution in [0.15, 0.2) is 75.1 Å². The third kappa shape index (κ3) is 4.14. The highest BCUT2D eigenvalue weighted by atomic mass is 79.9. The molecule has 3 rings (SSSR count). The number of anilines is 1. The van der Waals surface area contributed by atoms with E-state index in [1.165, 1.54) is 0 Å². The Labute approximate surface area is 159 Å². The van der Waals surface area contributed by atoms with Crippen LogP contribution in [-0.4, -0.2) is 15.7 Å². The molecule has 1 aromatic heterocycles. The molecule has 1 amide bonds. The lowest BCUT2D eigenvalue weighted by Gasteiger charge is -2.16. The van der Waals surface area contributed by atoms with Crippen LogP contribution in [0.25, 0.3) is 0 Å².